The molecule has 2 atom stereocenters. The number of aromatic nitrogens is 1. The molecule has 0 bridgehead atoms. The number of aliphatic carboxylic acids is 1. The summed E-state index contributed by atoms with van der Waals surface area (Å²) < 4.78 is 25.1. The van der Waals surface area contributed by atoms with E-state index in [1.807, 2.05) is 0 Å². The number of halogens is 1. The Kier molecular flexibility index (Phi) is 10.9. The van der Waals surface area contributed by atoms with Gasteiger partial charge in [0.05, 0.1) is 12.1 Å². The molecule has 1 aromatic heterocycles. The highest BCUT2D eigenvalue weighted by atomic mass is 19.1. The molecule has 2 aliphatic heterocycles. The molecule has 1 aromatic carbocycles. The largest absolute Gasteiger partial charge is 0.483 e. The predicted molar refractivity (Wildman–Crippen MR) is 166 cm³/mol. The molecule has 5 rings (SSSR count). The summed E-state index contributed by atoms with van der Waals surface area (Å²) >= 11 is 0. The molecule has 2 aromatic rings. The summed E-state index contributed by atoms with van der Waals surface area (Å²) in [5, 5.41) is 15.1. The van der Waals surface area contributed by atoms with Crippen molar-refractivity contribution in [1.82, 2.24) is 30.3 Å². The highest BCUT2D eigenvalue weighted by molar-refractivity contribution is 5.99. The number of pyridine rings is 1. The van der Waals surface area contributed by atoms with Gasteiger partial charge in [-0.15, -0.1) is 0 Å². The number of hydrogen-bond donors (Lipinski definition) is 3. The summed E-state index contributed by atoms with van der Waals surface area (Å²) in [6.45, 7) is 2.53. The zero-order valence-electron chi connectivity index (χ0n) is 26.6. The summed E-state index contributed by atoms with van der Waals surface area (Å²) in [6, 6.07) is 3.25. The normalized spacial score (nSPS) is 18.3. The van der Waals surface area contributed by atoms with Crippen LogP contribution in [0.3, 0.4) is 0 Å². The lowest BCUT2D eigenvalue weighted by atomic mass is 10.1. The fourth-order valence-electron chi connectivity index (χ4n) is 5.79. The van der Waals surface area contributed by atoms with Gasteiger partial charge in [-0.1, -0.05) is 0 Å². The van der Waals surface area contributed by atoms with Crippen molar-refractivity contribution in [1.29, 1.82) is 0 Å². The molecule has 15 nitrogen and oxygen atoms in total. The first kappa shape index (κ1) is 34.3. The van der Waals surface area contributed by atoms with Gasteiger partial charge in [0, 0.05) is 62.7 Å². The maximum atomic E-state index is 14.2. The number of ether oxygens (including phenoxy) is 2. The number of benzene rings is 1. The van der Waals surface area contributed by atoms with E-state index in [4.69, 9.17) is 9.47 Å². The molecule has 16 heteroatoms. The number of piperazine rings is 1. The second-order valence-electron chi connectivity index (χ2n) is 12.0. The molecule has 0 unspecified atom stereocenters. The van der Waals surface area contributed by atoms with Crippen molar-refractivity contribution in [2.45, 2.75) is 63.6 Å². The first-order valence-corrected chi connectivity index (χ1v) is 16.1. The van der Waals surface area contributed by atoms with E-state index in [1.165, 1.54) is 32.9 Å². The van der Waals surface area contributed by atoms with E-state index < -0.39 is 60.7 Å². The second kappa shape index (κ2) is 15.3. The van der Waals surface area contributed by atoms with Gasteiger partial charge < -0.3 is 39.9 Å². The summed E-state index contributed by atoms with van der Waals surface area (Å²) in [5.41, 5.74) is -0.199. The fraction of sp³-hybridized carbons (Fsp3) is 0.531. The fourth-order valence-corrected chi connectivity index (χ4v) is 5.79. The van der Waals surface area contributed by atoms with Gasteiger partial charge in [-0.25, -0.2) is 14.2 Å². The minimum Gasteiger partial charge on any atom is -0.483 e. The Bertz CT molecular complexity index is 1580. The standard InChI is InChI=1S/C32H39FN6O9/c1-2-47-32(46)38-14-12-37(13-15-38)31(45)22(9-10-28(41)42)36-29(43)24-17-26(21-8-5-19(33)16-23(21)35-24)48-18-27(40)39-11-3-4-25(39)30(44)34-20-6-7-20/h5,8,16-17,20,22,25H,2-4,6-7,9-15,18H2,1H3,(H,34,44)(H,36,43)(H,41,42)/t22-,25-/m0/s1. The molecule has 48 heavy (non-hydrogen) atoms. The van der Waals surface area contributed by atoms with E-state index in [1.54, 1.807) is 6.92 Å². The molecule has 3 N–H and O–H groups in total. The third-order valence-electron chi connectivity index (χ3n) is 8.48. The van der Waals surface area contributed by atoms with Crippen LogP contribution in [0.5, 0.6) is 5.75 Å². The molecule has 0 radical (unpaired) electrons. The zero-order chi connectivity index (χ0) is 34.4. The Labute approximate surface area is 275 Å². The summed E-state index contributed by atoms with van der Waals surface area (Å²) in [7, 11) is 0. The summed E-state index contributed by atoms with van der Waals surface area (Å²) in [5.74, 6) is -3.74. The average Bonchev–Trinajstić information content (AvgIpc) is 3.74. The van der Waals surface area contributed by atoms with E-state index in [0.29, 0.717) is 24.8 Å². The lowest BCUT2D eigenvalue weighted by Crippen LogP contribution is -2.56. The van der Waals surface area contributed by atoms with Gasteiger partial charge in [0.1, 0.15) is 29.3 Å². The van der Waals surface area contributed by atoms with Crippen molar-refractivity contribution in [2.75, 3.05) is 45.9 Å². The number of carboxylic acids is 1. The Morgan fingerprint density at radius 1 is 1.02 bits per heavy atom. The van der Waals surface area contributed by atoms with Crippen molar-refractivity contribution < 1.29 is 47.7 Å². The molecule has 5 amide bonds. The van der Waals surface area contributed by atoms with E-state index in [0.717, 1.165) is 18.9 Å². The molecule has 3 heterocycles. The zero-order valence-corrected chi connectivity index (χ0v) is 26.6. The molecule has 1 saturated carbocycles. The van der Waals surface area contributed by atoms with Gasteiger partial charge in [0.15, 0.2) is 6.61 Å². The van der Waals surface area contributed by atoms with E-state index in [9.17, 15) is 38.3 Å². The first-order valence-electron chi connectivity index (χ1n) is 16.1. The van der Waals surface area contributed by atoms with Crippen molar-refractivity contribution in [3.8, 4) is 5.75 Å². The number of hydrogen-bond acceptors (Lipinski definition) is 9. The minimum atomic E-state index is -1.24. The quantitative estimate of drug-likeness (QED) is 0.297. The lowest BCUT2D eigenvalue weighted by Gasteiger charge is -2.35. The molecule has 0 spiro atoms. The van der Waals surface area contributed by atoms with Crippen LogP contribution in [0.2, 0.25) is 0 Å². The topological polar surface area (TPSA) is 188 Å². The minimum absolute atomic E-state index is 0.0523. The molecular weight excluding hydrogens is 631 g/mol. The number of likely N-dealkylation sites (tertiary alicyclic amines) is 1. The van der Waals surface area contributed by atoms with Crippen LogP contribution in [0.1, 0.15) is 55.9 Å². The first-order chi connectivity index (χ1) is 23.0. The van der Waals surface area contributed by atoms with Gasteiger partial charge in [-0.05, 0) is 51.2 Å². The van der Waals surface area contributed by atoms with Crippen LogP contribution in [0, 0.1) is 5.82 Å². The second-order valence-corrected chi connectivity index (χ2v) is 12.0. The SMILES string of the molecule is CCOC(=O)N1CCN(C(=O)[C@H](CCC(=O)O)NC(=O)c2cc(OCC(=O)N3CCC[C@H]3C(=O)NC3CC3)c3ccc(F)cc3n2)CC1. The van der Waals surface area contributed by atoms with E-state index in [2.05, 4.69) is 15.6 Å². The predicted octanol–water partition coefficient (Wildman–Crippen LogP) is 1.29. The lowest BCUT2D eigenvalue weighted by molar-refractivity contribution is -0.140. The number of nitrogens with one attached hydrogen (secondary N) is 2. The summed E-state index contributed by atoms with van der Waals surface area (Å²) in [4.78, 5) is 84.9. The van der Waals surface area contributed by atoms with Gasteiger partial charge in [-0.2, -0.15) is 0 Å². The van der Waals surface area contributed by atoms with Gasteiger partial charge >= 0.3 is 12.1 Å². The van der Waals surface area contributed by atoms with Crippen LogP contribution in [0.4, 0.5) is 9.18 Å². The van der Waals surface area contributed by atoms with Crippen molar-refractivity contribution >= 4 is 46.6 Å². The third-order valence-corrected chi connectivity index (χ3v) is 8.48. The number of nitrogens with zero attached hydrogens (tertiary/aromatic N) is 4. The van der Waals surface area contributed by atoms with Gasteiger partial charge in [0.2, 0.25) is 11.8 Å². The smallest absolute Gasteiger partial charge is 0.409 e. The Hall–Kier alpha value is -5.02. The van der Waals surface area contributed by atoms with E-state index >= 15 is 0 Å². The Morgan fingerprint density at radius 2 is 1.75 bits per heavy atom. The molecule has 258 valence electrons. The molecular formula is C32H39FN6O9. The van der Waals surface area contributed by atoms with Crippen molar-refractivity contribution in [2.24, 2.45) is 0 Å². The molecule has 3 aliphatic rings. The van der Waals surface area contributed by atoms with Crippen molar-refractivity contribution in [3.63, 3.8) is 0 Å². The number of carbonyl (C=O) groups excluding carboxylic acids is 5. The number of carboxylic acid groups (broad SMARTS) is 1. The molecule has 3 fully saturated rings. The monoisotopic (exact) mass is 670 g/mol. The van der Waals surface area contributed by atoms with Crippen LogP contribution < -0.4 is 15.4 Å². The van der Waals surface area contributed by atoms with E-state index in [-0.39, 0.29) is 68.1 Å². The molecule has 1 aliphatic carbocycles. The maximum Gasteiger partial charge on any atom is 0.409 e. The van der Waals surface area contributed by atoms with Crippen LogP contribution in [-0.2, 0) is 23.9 Å². The summed E-state index contributed by atoms with van der Waals surface area (Å²) in [6.07, 6.45) is 1.91. The highest BCUT2D eigenvalue weighted by Crippen LogP contribution is 2.28. The number of fused-ring (bicyclic) bond motifs is 1. The van der Waals surface area contributed by atoms with Crippen molar-refractivity contribution in [3.05, 3.63) is 35.8 Å². The highest BCUT2D eigenvalue weighted by Gasteiger charge is 2.37. The molecule has 2 saturated heterocycles. The number of carbonyl (C=O) groups is 6. The van der Waals surface area contributed by atoms with Gasteiger partial charge in [-0.3, -0.25) is 24.0 Å². The Morgan fingerprint density at radius 3 is 2.44 bits per heavy atom. The van der Waals surface area contributed by atoms with Crippen LogP contribution in [0.15, 0.2) is 24.3 Å². The average molecular weight is 671 g/mol. The van der Waals surface area contributed by atoms with Crippen LogP contribution >= 0.6 is 0 Å². The maximum absolute atomic E-state index is 14.2. The van der Waals surface area contributed by atoms with Crippen LogP contribution in [0.25, 0.3) is 10.9 Å². The number of amides is 5. The van der Waals surface area contributed by atoms with Crippen LogP contribution in [-0.4, -0.2) is 125 Å². The third kappa shape index (κ3) is 8.46. The van der Waals surface area contributed by atoms with Gasteiger partial charge in [0.25, 0.3) is 11.8 Å². The Balaban J connectivity index is 1.30. The number of rotatable bonds is 12.